The molecule has 0 amide bonds. The average Bonchev–Trinajstić information content (AvgIpc) is 2.39. The summed E-state index contributed by atoms with van der Waals surface area (Å²) in [6, 6.07) is -0.307. The van der Waals surface area contributed by atoms with Gasteiger partial charge in [0.15, 0.2) is 0 Å². The molecule has 4 nitrogen and oxygen atoms in total. The number of aldehydes is 1. The van der Waals surface area contributed by atoms with Crippen LogP contribution in [0.4, 0.5) is 0 Å². The molecular formula is C15H28KNO3. The first-order valence-corrected chi connectivity index (χ1v) is 7.13. The molecule has 2 unspecified atom stereocenters. The van der Waals surface area contributed by atoms with Crippen LogP contribution in [-0.4, -0.2) is 94.1 Å². The second-order valence-electron chi connectivity index (χ2n) is 5.81. The van der Waals surface area contributed by atoms with Crippen molar-refractivity contribution in [1.29, 1.82) is 0 Å². The monoisotopic (exact) mass is 309 g/mol. The summed E-state index contributed by atoms with van der Waals surface area (Å²) in [5, 5.41) is 1.74. The second-order valence-corrected chi connectivity index (χ2v) is 5.81. The number of carbonyl (C=O) groups is 1. The van der Waals surface area contributed by atoms with Gasteiger partial charge >= 0.3 is 51.4 Å². The molecule has 0 aromatic carbocycles. The second kappa shape index (κ2) is 10.6. The van der Waals surface area contributed by atoms with Gasteiger partial charge in [0.1, 0.15) is 17.9 Å². The Bertz CT molecular complexity index is 299. The molecular weight excluding hydrogens is 281 g/mol. The molecule has 0 bridgehead atoms. The van der Waals surface area contributed by atoms with Gasteiger partial charge in [0.05, 0.1) is 13.2 Å². The van der Waals surface area contributed by atoms with E-state index >= 15 is 0 Å². The normalized spacial score (nSPS) is 22.9. The Morgan fingerprint density at radius 1 is 1.55 bits per heavy atom. The van der Waals surface area contributed by atoms with Gasteiger partial charge in [-0.3, -0.25) is 4.84 Å². The Labute approximate surface area is 165 Å². The molecule has 0 aromatic heterocycles. The number of hydroxylamine groups is 2. The molecule has 0 spiro atoms. The zero-order valence-corrected chi connectivity index (χ0v) is 12.4. The van der Waals surface area contributed by atoms with Gasteiger partial charge in [-0.1, -0.05) is 26.3 Å². The summed E-state index contributed by atoms with van der Waals surface area (Å²) in [4.78, 5) is 17.0. The van der Waals surface area contributed by atoms with Crippen LogP contribution in [0.2, 0.25) is 0 Å². The zero-order chi connectivity index (χ0) is 14.3. The molecule has 1 rings (SSSR count). The first-order valence-electron chi connectivity index (χ1n) is 7.13. The van der Waals surface area contributed by atoms with E-state index in [1.165, 1.54) is 6.42 Å². The SMILES string of the molecule is C=CC(C)(CCCC(C)C)ON1CCOCC1C=O.[KH]. The van der Waals surface area contributed by atoms with Gasteiger partial charge in [0, 0.05) is 6.54 Å². The number of ether oxygens (including phenoxy) is 1. The average molecular weight is 309 g/mol. The minimum atomic E-state index is -0.409. The van der Waals surface area contributed by atoms with Crippen molar-refractivity contribution >= 4 is 57.7 Å². The topological polar surface area (TPSA) is 38.8 Å². The number of hydrogen-bond acceptors (Lipinski definition) is 4. The van der Waals surface area contributed by atoms with Crippen LogP contribution in [0.5, 0.6) is 0 Å². The van der Waals surface area contributed by atoms with E-state index in [1.54, 1.807) is 5.06 Å². The van der Waals surface area contributed by atoms with Crippen molar-refractivity contribution in [2.24, 2.45) is 5.92 Å². The minimum absolute atomic E-state index is 0. The Morgan fingerprint density at radius 2 is 2.25 bits per heavy atom. The van der Waals surface area contributed by atoms with Gasteiger partial charge in [-0.15, -0.1) is 6.58 Å². The van der Waals surface area contributed by atoms with Crippen molar-refractivity contribution < 1.29 is 14.4 Å². The molecule has 5 heteroatoms. The Hall–Kier alpha value is 0.926. The number of carbonyl (C=O) groups excluding carboxylic acids is 1. The third-order valence-electron chi connectivity index (χ3n) is 3.48. The van der Waals surface area contributed by atoms with Crippen LogP contribution in [-0.2, 0) is 14.4 Å². The van der Waals surface area contributed by atoms with E-state index in [2.05, 4.69) is 20.4 Å². The molecule has 2 atom stereocenters. The summed E-state index contributed by atoms with van der Waals surface area (Å²) in [6.07, 6.45) is 5.91. The van der Waals surface area contributed by atoms with E-state index in [-0.39, 0.29) is 57.4 Å². The van der Waals surface area contributed by atoms with Gasteiger partial charge < -0.3 is 9.53 Å². The predicted molar refractivity (Wildman–Crippen MR) is 82.9 cm³/mol. The molecule has 1 aliphatic heterocycles. The summed E-state index contributed by atoms with van der Waals surface area (Å²) in [5.41, 5.74) is -0.409. The number of rotatable bonds is 8. The fourth-order valence-electron chi connectivity index (χ4n) is 2.14. The summed E-state index contributed by atoms with van der Waals surface area (Å²) in [6.45, 7) is 12.0. The summed E-state index contributed by atoms with van der Waals surface area (Å²) >= 11 is 0. The van der Waals surface area contributed by atoms with E-state index < -0.39 is 5.60 Å². The van der Waals surface area contributed by atoms with Crippen LogP contribution >= 0.6 is 0 Å². The molecule has 1 saturated heterocycles. The maximum absolute atomic E-state index is 11.0. The van der Waals surface area contributed by atoms with Crippen LogP contribution < -0.4 is 0 Å². The van der Waals surface area contributed by atoms with Gasteiger partial charge in [0.25, 0.3) is 0 Å². The molecule has 0 N–H and O–H groups in total. The van der Waals surface area contributed by atoms with E-state index in [1.807, 2.05) is 13.0 Å². The third kappa shape index (κ3) is 7.27. The Balaban J connectivity index is 0.00000361. The van der Waals surface area contributed by atoms with Crippen molar-refractivity contribution in [1.82, 2.24) is 5.06 Å². The number of morpholine rings is 1. The maximum atomic E-state index is 11.0. The molecule has 1 aliphatic rings. The quantitative estimate of drug-likeness (QED) is 0.390. The Kier molecular flexibility index (Phi) is 11.1. The van der Waals surface area contributed by atoms with Gasteiger partial charge in [-0.2, -0.15) is 5.06 Å². The summed E-state index contributed by atoms with van der Waals surface area (Å²) in [5.74, 6) is 0.695. The van der Waals surface area contributed by atoms with E-state index in [0.29, 0.717) is 25.7 Å². The fraction of sp³-hybridized carbons (Fsp3) is 0.800. The van der Waals surface area contributed by atoms with Crippen LogP contribution in [0.25, 0.3) is 0 Å². The molecule has 0 aliphatic carbocycles. The van der Waals surface area contributed by atoms with Crippen LogP contribution in [0.3, 0.4) is 0 Å². The van der Waals surface area contributed by atoms with Crippen molar-refractivity contribution in [2.45, 2.75) is 51.7 Å². The summed E-state index contributed by atoms with van der Waals surface area (Å²) < 4.78 is 5.29. The standard InChI is InChI=1S/C15H27NO3.K.H/c1-5-15(4,8-6-7-13(2)3)19-16-9-10-18-12-14(16)11-17;;/h5,11,13-14H,1,6-10,12H2,2-4H3;;. The van der Waals surface area contributed by atoms with Crippen LogP contribution in [0.15, 0.2) is 12.7 Å². The van der Waals surface area contributed by atoms with Crippen molar-refractivity contribution in [2.75, 3.05) is 19.8 Å². The molecule has 112 valence electrons. The first-order chi connectivity index (χ1) is 9.00. The van der Waals surface area contributed by atoms with Crippen molar-refractivity contribution in [3.8, 4) is 0 Å². The molecule has 0 radical (unpaired) electrons. The van der Waals surface area contributed by atoms with E-state index in [9.17, 15) is 4.79 Å². The van der Waals surface area contributed by atoms with Gasteiger partial charge in [-0.05, 0) is 25.7 Å². The van der Waals surface area contributed by atoms with Crippen LogP contribution in [0, 0.1) is 5.92 Å². The number of nitrogens with zero attached hydrogens (tertiary/aromatic N) is 1. The van der Waals surface area contributed by atoms with Crippen molar-refractivity contribution in [3.63, 3.8) is 0 Å². The molecule has 0 aromatic rings. The molecule has 20 heavy (non-hydrogen) atoms. The fourth-order valence-corrected chi connectivity index (χ4v) is 2.14. The van der Waals surface area contributed by atoms with Crippen LogP contribution in [0.1, 0.15) is 40.0 Å². The Morgan fingerprint density at radius 3 is 2.80 bits per heavy atom. The van der Waals surface area contributed by atoms with Crippen molar-refractivity contribution in [3.05, 3.63) is 12.7 Å². The van der Waals surface area contributed by atoms with Gasteiger partial charge in [-0.25, -0.2) is 0 Å². The van der Waals surface area contributed by atoms with E-state index in [0.717, 1.165) is 19.1 Å². The third-order valence-corrected chi connectivity index (χ3v) is 3.48. The number of hydrogen-bond donors (Lipinski definition) is 0. The summed E-state index contributed by atoms with van der Waals surface area (Å²) in [7, 11) is 0. The molecule has 1 fully saturated rings. The van der Waals surface area contributed by atoms with E-state index in [4.69, 9.17) is 9.57 Å². The molecule has 0 saturated carbocycles. The first kappa shape index (κ1) is 20.9. The van der Waals surface area contributed by atoms with Gasteiger partial charge in [0.2, 0.25) is 0 Å². The zero-order valence-electron chi connectivity index (χ0n) is 12.4. The molecule has 1 heterocycles. The predicted octanol–water partition coefficient (Wildman–Crippen LogP) is 1.94.